The van der Waals surface area contributed by atoms with Gasteiger partial charge in [0, 0.05) is 30.1 Å². The predicted octanol–water partition coefficient (Wildman–Crippen LogP) is 4.10. The van der Waals surface area contributed by atoms with Gasteiger partial charge in [0.05, 0.1) is 17.3 Å². The van der Waals surface area contributed by atoms with Crippen molar-refractivity contribution in [2.45, 2.75) is 43.0 Å². The van der Waals surface area contributed by atoms with Gasteiger partial charge in [-0.25, -0.2) is 8.42 Å². The van der Waals surface area contributed by atoms with E-state index < -0.39 is 9.84 Å². The van der Waals surface area contributed by atoms with Crippen molar-refractivity contribution in [1.82, 2.24) is 0 Å². The summed E-state index contributed by atoms with van der Waals surface area (Å²) < 4.78 is 29.1. The summed E-state index contributed by atoms with van der Waals surface area (Å²) in [5, 5.41) is 6.39. The number of methoxy groups -OCH3 is 1. The lowest BCUT2D eigenvalue weighted by Gasteiger charge is -2.23. The highest BCUT2D eigenvalue weighted by Gasteiger charge is 2.15. The van der Waals surface area contributed by atoms with E-state index in [4.69, 9.17) is 4.74 Å². The summed E-state index contributed by atoms with van der Waals surface area (Å²) in [6.07, 6.45) is 6.28. The highest BCUT2D eigenvalue weighted by atomic mass is 32.2. The van der Waals surface area contributed by atoms with Crippen LogP contribution in [0.1, 0.15) is 42.5 Å². The third kappa shape index (κ3) is 6.05. The van der Waals surface area contributed by atoms with Crippen molar-refractivity contribution in [3.63, 3.8) is 0 Å². The molecule has 2 N–H and O–H groups in total. The first kappa shape index (κ1) is 21.3. The maximum absolute atomic E-state index is 12.5. The van der Waals surface area contributed by atoms with Gasteiger partial charge in [0.15, 0.2) is 9.84 Å². The van der Waals surface area contributed by atoms with Gasteiger partial charge in [-0.2, -0.15) is 0 Å². The fraction of sp³-hybridized carbons (Fsp3) is 0.409. The van der Waals surface area contributed by atoms with Crippen molar-refractivity contribution in [2.24, 2.45) is 0 Å². The van der Waals surface area contributed by atoms with Crippen LogP contribution >= 0.6 is 0 Å². The molecule has 0 atom stereocenters. The van der Waals surface area contributed by atoms with Gasteiger partial charge in [0.2, 0.25) is 0 Å². The first-order chi connectivity index (χ1) is 14.0. The number of hydrogen-bond donors (Lipinski definition) is 2. The molecule has 1 saturated carbocycles. The fourth-order valence-corrected chi connectivity index (χ4v) is 4.63. The monoisotopic (exact) mass is 416 g/mol. The minimum absolute atomic E-state index is 0.0870. The van der Waals surface area contributed by atoms with Gasteiger partial charge in [-0.05, 0) is 61.4 Å². The van der Waals surface area contributed by atoms with Crippen molar-refractivity contribution < 1.29 is 17.9 Å². The van der Waals surface area contributed by atoms with Crippen LogP contribution in [-0.4, -0.2) is 39.8 Å². The number of nitrogens with one attached hydrogen (secondary N) is 2. The Balaban J connectivity index is 1.58. The molecule has 0 aromatic heterocycles. The average molecular weight is 417 g/mol. The van der Waals surface area contributed by atoms with Gasteiger partial charge in [-0.3, -0.25) is 4.79 Å². The quantitative estimate of drug-likeness (QED) is 0.677. The van der Waals surface area contributed by atoms with Crippen LogP contribution in [0, 0.1) is 0 Å². The molecule has 1 amide bonds. The summed E-state index contributed by atoms with van der Waals surface area (Å²) in [4.78, 5) is 12.6. The first-order valence-electron chi connectivity index (χ1n) is 9.98. The number of carbonyl (C=O) groups excluding carboxylic acids is 1. The van der Waals surface area contributed by atoms with E-state index in [2.05, 4.69) is 10.6 Å². The van der Waals surface area contributed by atoms with Crippen LogP contribution in [0.3, 0.4) is 0 Å². The molecule has 1 aliphatic carbocycles. The Kier molecular flexibility index (Phi) is 7.28. The van der Waals surface area contributed by atoms with Crippen molar-refractivity contribution in [1.29, 1.82) is 0 Å². The Morgan fingerprint density at radius 1 is 0.966 bits per heavy atom. The molecule has 1 aliphatic rings. The zero-order chi connectivity index (χ0) is 20.7. The van der Waals surface area contributed by atoms with E-state index in [-0.39, 0.29) is 23.2 Å². The zero-order valence-corrected chi connectivity index (χ0v) is 17.5. The molecule has 29 heavy (non-hydrogen) atoms. The summed E-state index contributed by atoms with van der Waals surface area (Å²) >= 11 is 0. The molecule has 2 aromatic rings. The number of rotatable bonds is 8. The number of amides is 1. The minimum Gasteiger partial charge on any atom is -0.384 e. The zero-order valence-electron chi connectivity index (χ0n) is 16.7. The Hall–Kier alpha value is -2.38. The van der Waals surface area contributed by atoms with E-state index in [0.29, 0.717) is 17.3 Å². The van der Waals surface area contributed by atoms with Crippen LogP contribution in [-0.2, 0) is 14.6 Å². The molecule has 0 heterocycles. The molecule has 0 aliphatic heterocycles. The van der Waals surface area contributed by atoms with E-state index in [1.54, 1.807) is 0 Å². The van der Waals surface area contributed by atoms with E-state index in [0.717, 1.165) is 5.69 Å². The number of anilines is 2. The molecule has 7 heteroatoms. The van der Waals surface area contributed by atoms with E-state index in [1.165, 1.54) is 63.5 Å². The Bertz CT molecular complexity index is 903. The maximum atomic E-state index is 12.5. The van der Waals surface area contributed by atoms with Gasteiger partial charge in [-0.1, -0.05) is 19.3 Å². The Labute approximate surface area is 172 Å². The molecule has 156 valence electrons. The molecule has 3 rings (SSSR count). The second kappa shape index (κ2) is 9.89. The number of benzene rings is 2. The molecule has 2 aromatic carbocycles. The largest absolute Gasteiger partial charge is 0.384 e. The normalized spacial score (nSPS) is 15.1. The van der Waals surface area contributed by atoms with Crippen LogP contribution in [0.5, 0.6) is 0 Å². The fourth-order valence-electron chi connectivity index (χ4n) is 3.46. The van der Waals surface area contributed by atoms with E-state index in [1.807, 2.05) is 24.3 Å². The molecule has 0 radical (unpaired) electrons. The summed E-state index contributed by atoms with van der Waals surface area (Å²) in [5.74, 6) is -0.366. The van der Waals surface area contributed by atoms with Crippen LogP contribution in [0.25, 0.3) is 0 Å². The Morgan fingerprint density at radius 2 is 1.59 bits per heavy atom. The summed E-state index contributed by atoms with van der Waals surface area (Å²) in [7, 11) is -1.94. The van der Waals surface area contributed by atoms with Gasteiger partial charge in [0.1, 0.15) is 0 Å². The lowest BCUT2D eigenvalue weighted by Crippen LogP contribution is -2.22. The second-order valence-corrected chi connectivity index (χ2v) is 9.46. The molecule has 0 saturated heterocycles. The number of ether oxygens (including phenoxy) is 1. The third-order valence-corrected chi connectivity index (χ3v) is 6.85. The van der Waals surface area contributed by atoms with Gasteiger partial charge in [-0.15, -0.1) is 0 Å². The molecular weight excluding hydrogens is 388 g/mol. The van der Waals surface area contributed by atoms with Gasteiger partial charge >= 0.3 is 0 Å². The highest BCUT2D eigenvalue weighted by Crippen LogP contribution is 2.23. The Morgan fingerprint density at radius 3 is 2.21 bits per heavy atom. The predicted molar refractivity (Wildman–Crippen MR) is 115 cm³/mol. The van der Waals surface area contributed by atoms with Crippen molar-refractivity contribution in [2.75, 3.05) is 30.1 Å². The second-order valence-electron chi connectivity index (χ2n) is 7.35. The van der Waals surface area contributed by atoms with Crippen molar-refractivity contribution in [3.05, 3.63) is 54.1 Å². The first-order valence-corrected chi connectivity index (χ1v) is 11.6. The molecule has 0 unspecified atom stereocenters. The summed E-state index contributed by atoms with van der Waals surface area (Å²) in [6, 6.07) is 14.2. The van der Waals surface area contributed by atoms with Gasteiger partial charge < -0.3 is 15.4 Å². The summed E-state index contributed by atoms with van der Waals surface area (Å²) in [5.41, 5.74) is 2.15. The van der Waals surface area contributed by atoms with E-state index >= 15 is 0 Å². The summed E-state index contributed by atoms with van der Waals surface area (Å²) in [6.45, 7) is 0.135. The smallest absolute Gasteiger partial charge is 0.255 e. The maximum Gasteiger partial charge on any atom is 0.255 e. The lowest BCUT2D eigenvalue weighted by atomic mass is 9.95. The lowest BCUT2D eigenvalue weighted by molar-refractivity contribution is 0.102. The van der Waals surface area contributed by atoms with Crippen LogP contribution in [0.4, 0.5) is 11.4 Å². The standard InChI is InChI=1S/C22H28N2O4S/c1-28-15-16-29(26,27)21-13-7-17(8-14-21)22(25)24-20-11-9-19(10-12-20)23-18-5-3-2-4-6-18/h7-14,18,23H,2-6,15-16H2,1H3,(H,24,25). The number of carbonyl (C=O) groups is 1. The van der Waals surface area contributed by atoms with Crippen LogP contribution < -0.4 is 10.6 Å². The van der Waals surface area contributed by atoms with Gasteiger partial charge in [0.25, 0.3) is 5.91 Å². The highest BCUT2D eigenvalue weighted by molar-refractivity contribution is 7.91. The third-order valence-electron chi connectivity index (χ3n) is 5.15. The number of sulfone groups is 1. The molecule has 0 spiro atoms. The van der Waals surface area contributed by atoms with Crippen LogP contribution in [0.2, 0.25) is 0 Å². The number of hydrogen-bond acceptors (Lipinski definition) is 5. The average Bonchev–Trinajstić information content (AvgIpc) is 2.74. The SMILES string of the molecule is COCCS(=O)(=O)c1ccc(C(=O)Nc2ccc(NC3CCCCC3)cc2)cc1. The molecule has 0 bridgehead atoms. The van der Waals surface area contributed by atoms with Crippen molar-refractivity contribution >= 4 is 27.1 Å². The van der Waals surface area contributed by atoms with Crippen LogP contribution in [0.15, 0.2) is 53.4 Å². The van der Waals surface area contributed by atoms with Crippen molar-refractivity contribution in [3.8, 4) is 0 Å². The molecular formula is C22H28N2O4S. The minimum atomic E-state index is -3.40. The molecule has 1 fully saturated rings. The van der Waals surface area contributed by atoms with E-state index in [9.17, 15) is 13.2 Å². The topological polar surface area (TPSA) is 84.5 Å². The molecule has 6 nitrogen and oxygen atoms in total.